The Balaban J connectivity index is 2.45. The second-order valence-electron chi connectivity index (χ2n) is 5.21. The fourth-order valence-electron chi connectivity index (χ4n) is 2.67. The van der Waals surface area contributed by atoms with Gasteiger partial charge in [0.1, 0.15) is 11.5 Å². The average Bonchev–Trinajstić information content (AvgIpc) is 2.66. The molecule has 0 aliphatic heterocycles. The maximum Gasteiger partial charge on any atom is 0.107 e. The van der Waals surface area contributed by atoms with Crippen molar-refractivity contribution in [3.63, 3.8) is 0 Å². The third-order valence-electron chi connectivity index (χ3n) is 3.91. The van der Waals surface area contributed by atoms with E-state index in [0.29, 0.717) is 15.8 Å². The predicted octanol–water partition coefficient (Wildman–Crippen LogP) is 4.29. The first-order valence-corrected chi connectivity index (χ1v) is 7.52. The van der Waals surface area contributed by atoms with E-state index in [1.165, 1.54) is 0 Å². The molecule has 2 atom stereocenters. The van der Waals surface area contributed by atoms with E-state index in [2.05, 4.69) is 0 Å². The van der Waals surface area contributed by atoms with Gasteiger partial charge in [0, 0.05) is 28.1 Å². The first-order valence-electron chi connectivity index (χ1n) is 6.76. The van der Waals surface area contributed by atoms with Gasteiger partial charge >= 0.3 is 0 Å². The minimum Gasteiger partial charge on any atom is -0.466 e. The van der Waals surface area contributed by atoms with E-state index in [-0.39, 0.29) is 12.5 Å². The van der Waals surface area contributed by atoms with Gasteiger partial charge in [0.2, 0.25) is 0 Å². The summed E-state index contributed by atoms with van der Waals surface area (Å²) >= 11 is 12.2. The normalized spacial score (nSPS) is 14.2. The van der Waals surface area contributed by atoms with Crippen molar-refractivity contribution in [2.75, 3.05) is 6.54 Å². The Morgan fingerprint density at radius 2 is 1.86 bits per heavy atom. The van der Waals surface area contributed by atoms with E-state index >= 15 is 0 Å². The van der Waals surface area contributed by atoms with Gasteiger partial charge in [0.25, 0.3) is 0 Å². The maximum atomic E-state index is 10.8. The monoisotopic (exact) mass is 327 g/mol. The van der Waals surface area contributed by atoms with Crippen LogP contribution in [0.1, 0.15) is 40.2 Å². The standard InChI is InChI=1S/C16H19Cl2NO2/c1-8-9(2)21-10(3)15(8)16(20)13(7-19)12-5-4-11(17)6-14(12)18/h4-6,13,16,20H,7,19H2,1-3H3. The van der Waals surface area contributed by atoms with Crippen molar-refractivity contribution in [1.82, 2.24) is 0 Å². The molecule has 0 bridgehead atoms. The Bertz CT molecular complexity index is 652. The number of aliphatic hydroxyl groups is 1. The summed E-state index contributed by atoms with van der Waals surface area (Å²) in [7, 11) is 0. The number of aliphatic hydroxyl groups excluding tert-OH is 1. The van der Waals surface area contributed by atoms with Crippen LogP contribution >= 0.6 is 23.2 Å². The third-order valence-corrected chi connectivity index (χ3v) is 4.47. The van der Waals surface area contributed by atoms with Crippen LogP contribution in [0.2, 0.25) is 10.0 Å². The van der Waals surface area contributed by atoms with Crippen molar-refractivity contribution in [2.24, 2.45) is 5.73 Å². The lowest BCUT2D eigenvalue weighted by molar-refractivity contribution is 0.145. The van der Waals surface area contributed by atoms with Gasteiger partial charge in [0.15, 0.2) is 0 Å². The number of aryl methyl sites for hydroxylation is 2. The highest BCUT2D eigenvalue weighted by Gasteiger charge is 2.28. The van der Waals surface area contributed by atoms with Crippen LogP contribution in [0.5, 0.6) is 0 Å². The van der Waals surface area contributed by atoms with Crippen LogP contribution in [-0.4, -0.2) is 11.7 Å². The zero-order valence-electron chi connectivity index (χ0n) is 12.3. The van der Waals surface area contributed by atoms with Gasteiger partial charge in [-0.25, -0.2) is 0 Å². The number of halogens is 2. The Hall–Kier alpha value is -1.000. The van der Waals surface area contributed by atoms with Crippen molar-refractivity contribution in [2.45, 2.75) is 32.8 Å². The van der Waals surface area contributed by atoms with E-state index < -0.39 is 6.10 Å². The molecule has 1 aromatic carbocycles. The van der Waals surface area contributed by atoms with Gasteiger partial charge < -0.3 is 15.3 Å². The van der Waals surface area contributed by atoms with Crippen molar-refractivity contribution in [1.29, 1.82) is 0 Å². The minimum atomic E-state index is -0.772. The Labute approximate surface area is 134 Å². The number of hydrogen-bond acceptors (Lipinski definition) is 3. The lowest BCUT2D eigenvalue weighted by Gasteiger charge is -2.23. The van der Waals surface area contributed by atoms with Gasteiger partial charge in [-0.15, -0.1) is 0 Å². The Kier molecular flexibility index (Phi) is 4.99. The predicted molar refractivity (Wildman–Crippen MR) is 86.1 cm³/mol. The molecular weight excluding hydrogens is 309 g/mol. The second kappa shape index (κ2) is 6.41. The Morgan fingerprint density at radius 3 is 2.33 bits per heavy atom. The average molecular weight is 328 g/mol. The fourth-order valence-corrected chi connectivity index (χ4v) is 3.22. The number of nitrogens with two attached hydrogens (primary N) is 1. The number of rotatable bonds is 4. The number of hydrogen-bond donors (Lipinski definition) is 2. The van der Waals surface area contributed by atoms with Crippen LogP contribution in [0.15, 0.2) is 22.6 Å². The quantitative estimate of drug-likeness (QED) is 0.880. The molecular formula is C16H19Cl2NO2. The molecule has 114 valence electrons. The van der Waals surface area contributed by atoms with Gasteiger partial charge in [-0.05, 0) is 44.0 Å². The van der Waals surface area contributed by atoms with Crippen LogP contribution in [0, 0.1) is 20.8 Å². The maximum absolute atomic E-state index is 10.8. The Morgan fingerprint density at radius 1 is 1.19 bits per heavy atom. The van der Waals surface area contributed by atoms with Crippen molar-refractivity contribution in [3.8, 4) is 0 Å². The third kappa shape index (κ3) is 3.11. The molecule has 3 nitrogen and oxygen atoms in total. The molecule has 1 aromatic heterocycles. The summed E-state index contributed by atoms with van der Waals surface area (Å²) in [6, 6.07) is 5.22. The highest BCUT2D eigenvalue weighted by molar-refractivity contribution is 6.35. The highest BCUT2D eigenvalue weighted by Crippen LogP contribution is 2.39. The van der Waals surface area contributed by atoms with E-state index in [9.17, 15) is 5.11 Å². The first kappa shape index (κ1) is 16.4. The van der Waals surface area contributed by atoms with Crippen molar-refractivity contribution < 1.29 is 9.52 Å². The molecule has 0 spiro atoms. The molecule has 0 aliphatic carbocycles. The van der Waals surface area contributed by atoms with E-state index in [1.807, 2.05) is 26.8 Å². The summed E-state index contributed by atoms with van der Waals surface area (Å²) < 4.78 is 5.59. The molecule has 2 unspecified atom stereocenters. The highest BCUT2D eigenvalue weighted by atomic mass is 35.5. The largest absolute Gasteiger partial charge is 0.466 e. The topological polar surface area (TPSA) is 59.4 Å². The van der Waals surface area contributed by atoms with E-state index in [0.717, 1.165) is 22.5 Å². The molecule has 1 heterocycles. The van der Waals surface area contributed by atoms with Crippen LogP contribution in [0.4, 0.5) is 0 Å². The molecule has 2 rings (SSSR count). The van der Waals surface area contributed by atoms with Crippen LogP contribution in [0.25, 0.3) is 0 Å². The van der Waals surface area contributed by atoms with Gasteiger partial charge in [-0.2, -0.15) is 0 Å². The summed E-state index contributed by atoms with van der Waals surface area (Å²) in [5, 5.41) is 11.8. The summed E-state index contributed by atoms with van der Waals surface area (Å²) in [6.45, 7) is 5.92. The zero-order chi connectivity index (χ0) is 15.7. The molecule has 0 amide bonds. The molecule has 0 saturated heterocycles. The molecule has 21 heavy (non-hydrogen) atoms. The number of benzene rings is 1. The summed E-state index contributed by atoms with van der Waals surface area (Å²) in [4.78, 5) is 0. The lowest BCUT2D eigenvalue weighted by atomic mass is 9.87. The molecule has 2 aromatic rings. The van der Waals surface area contributed by atoms with Crippen molar-refractivity contribution in [3.05, 3.63) is 56.5 Å². The van der Waals surface area contributed by atoms with Crippen LogP contribution in [-0.2, 0) is 0 Å². The van der Waals surface area contributed by atoms with Crippen LogP contribution in [0.3, 0.4) is 0 Å². The summed E-state index contributed by atoms with van der Waals surface area (Å²) in [6.07, 6.45) is -0.772. The first-order chi connectivity index (χ1) is 9.86. The fraction of sp³-hybridized carbons (Fsp3) is 0.375. The minimum absolute atomic E-state index is 0.269. The van der Waals surface area contributed by atoms with Crippen LogP contribution < -0.4 is 5.73 Å². The summed E-state index contributed by atoms with van der Waals surface area (Å²) in [5.41, 5.74) is 8.39. The molecule has 0 aliphatic rings. The van der Waals surface area contributed by atoms with E-state index in [1.54, 1.807) is 12.1 Å². The molecule has 3 N–H and O–H groups in total. The zero-order valence-corrected chi connectivity index (χ0v) is 13.8. The van der Waals surface area contributed by atoms with Crippen molar-refractivity contribution >= 4 is 23.2 Å². The lowest BCUT2D eigenvalue weighted by Crippen LogP contribution is -2.21. The van der Waals surface area contributed by atoms with Gasteiger partial charge in [-0.3, -0.25) is 0 Å². The van der Waals surface area contributed by atoms with Gasteiger partial charge in [0.05, 0.1) is 6.10 Å². The summed E-state index contributed by atoms with van der Waals surface area (Å²) in [5.74, 6) is 1.20. The smallest absolute Gasteiger partial charge is 0.107 e. The molecule has 5 heteroatoms. The molecule has 0 saturated carbocycles. The molecule has 0 radical (unpaired) electrons. The number of furan rings is 1. The molecule has 0 fully saturated rings. The second-order valence-corrected chi connectivity index (χ2v) is 6.05. The van der Waals surface area contributed by atoms with E-state index in [4.69, 9.17) is 33.4 Å². The van der Waals surface area contributed by atoms with Gasteiger partial charge in [-0.1, -0.05) is 29.3 Å². The SMILES string of the molecule is Cc1oc(C)c(C(O)C(CN)c2ccc(Cl)cc2Cl)c1C.